The van der Waals surface area contributed by atoms with E-state index in [0.717, 1.165) is 12.8 Å². The number of hydrogen-bond acceptors (Lipinski definition) is 6. The molecule has 7 atom stereocenters. The molecule has 4 fully saturated rings. The summed E-state index contributed by atoms with van der Waals surface area (Å²) in [6.07, 6.45) is 1.90. The van der Waals surface area contributed by atoms with Crippen molar-refractivity contribution in [3.8, 4) is 0 Å². The third-order valence-electron chi connectivity index (χ3n) is 7.52. The van der Waals surface area contributed by atoms with Gasteiger partial charge in [0, 0.05) is 24.2 Å². The second-order valence-corrected chi connectivity index (χ2v) is 8.75. The summed E-state index contributed by atoms with van der Waals surface area (Å²) in [6, 6.07) is -0.985. The molecule has 0 aromatic rings. The summed E-state index contributed by atoms with van der Waals surface area (Å²) in [5.74, 6) is -5.48. The first kappa shape index (κ1) is 19.7. The Bertz CT molecular complexity index is 815. The SMILES string of the molecule is O=C(O)C1CCCCC1C(=O)NC1C[N+]12C(=O)C21CCC([N+](=O)[O-])CC1C(=O)O. The topological polar surface area (TPSA) is 164 Å². The van der Waals surface area contributed by atoms with Gasteiger partial charge in [0.05, 0.1) is 11.8 Å². The number of hydrogen-bond donors (Lipinski definition) is 3. The number of nitrogens with zero attached hydrogens (tertiary/aromatic N) is 2. The molecule has 2 aliphatic heterocycles. The summed E-state index contributed by atoms with van der Waals surface area (Å²) in [4.78, 5) is 59.4. The Morgan fingerprint density at radius 1 is 1.10 bits per heavy atom. The van der Waals surface area contributed by atoms with Crippen LogP contribution in [0.2, 0.25) is 0 Å². The lowest BCUT2D eigenvalue weighted by Crippen LogP contribution is -2.47. The number of nitrogens with one attached hydrogen (secondary N) is 1. The first-order valence-electron chi connectivity index (χ1n) is 9.99. The van der Waals surface area contributed by atoms with Gasteiger partial charge in [-0.25, -0.2) is 9.28 Å². The minimum absolute atomic E-state index is 0.113. The van der Waals surface area contributed by atoms with E-state index in [2.05, 4.69) is 5.32 Å². The number of quaternary nitrogens is 1. The molecule has 2 spiro atoms. The van der Waals surface area contributed by atoms with Gasteiger partial charge in [-0.05, 0) is 12.8 Å². The molecule has 0 aromatic carbocycles. The monoisotopic (exact) mass is 410 g/mol. The molecule has 11 nitrogen and oxygen atoms in total. The van der Waals surface area contributed by atoms with Crippen LogP contribution in [0.25, 0.3) is 0 Å². The van der Waals surface area contributed by atoms with Crippen molar-refractivity contribution in [3.05, 3.63) is 10.1 Å². The number of rotatable bonds is 5. The molecule has 0 bridgehead atoms. The zero-order valence-electron chi connectivity index (χ0n) is 15.8. The molecule has 2 heterocycles. The summed E-state index contributed by atoms with van der Waals surface area (Å²) < 4.78 is -0.162. The van der Waals surface area contributed by atoms with Crippen LogP contribution >= 0.6 is 0 Å². The van der Waals surface area contributed by atoms with Crippen LogP contribution in [0.5, 0.6) is 0 Å². The van der Waals surface area contributed by atoms with Crippen molar-refractivity contribution in [3.63, 3.8) is 0 Å². The fourth-order valence-corrected chi connectivity index (χ4v) is 5.89. The van der Waals surface area contributed by atoms with E-state index in [4.69, 9.17) is 0 Å². The average Bonchev–Trinajstić information content (AvgIpc) is 3.52. The van der Waals surface area contributed by atoms with Gasteiger partial charge in [0.2, 0.25) is 23.7 Å². The maximum absolute atomic E-state index is 12.8. The number of carbonyl (C=O) groups is 4. The maximum atomic E-state index is 12.8. The highest BCUT2D eigenvalue weighted by Crippen LogP contribution is 2.64. The maximum Gasteiger partial charge on any atom is 0.379 e. The predicted molar refractivity (Wildman–Crippen MR) is 93.6 cm³/mol. The minimum Gasteiger partial charge on any atom is -0.481 e. The van der Waals surface area contributed by atoms with Gasteiger partial charge < -0.3 is 15.5 Å². The summed E-state index contributed by atoms with van der Waals surface area (Å²) in [6.45, 7) is 0.266. The van der Waals surface area contributed by atoms with Crippen LogP contribution in [-0.2, 0) is 19.2 Å². The third-order valence-corrected chi connectivity index (χ3v) is 7.52. The van der Waals surface area contributed by atoms with Crippen LogP contribution in [0.15, 0.2) is 0 Å². The molecule has 2 saturated carbocycles. The lowest BCUT2D eigenvalue weighted by Gasteiger charge is -2.27. The van der Waals surface area contributed by atoms with E-state index in [0.29, 0.717) is 12.8 Å². The number of carboxylic acids is 2. The number of carbonyl (C=O) groups excluding carboxylic acids is 2. The molecule has 0 aromatic heterocycles. The number of fused-ring (bicyclic) bond motifs is 1. The van der Waals surface area contributed by atoms with Crippen molar-refractivity contribution in [1.82, 2.24) is 5.32 Å². The lowest BCUT2D eigenvalue weighted by atomic mass is 9.76. The molecule has 0 radical (unpaired) electrons. The summed E-state index contributed by atoms with van der Waals surface area (Å²) >= 11 is 0. The molecule has 29 heavy (non-hydrogen) atoms. The van der Waals surface area contributed by atoms with Crippen LogP contribution in [0.3, 0.4) is 0 Å². The molecule has 7 unspecified atom stereocenters. The van der Waals surface area contributed by atoms with E-state index >= 15 is 0 Å². The molecule has 158 valence electrons. The second kappa shape index (κ2) is 6.48. The van der Waals surface area contributed by atoms with Gasteiger partial charge in [0.25, 0.3) is 0 Å². The van der Waals surface area contributed by atoms with Crippen molar-refractivity contribution in [2.75, 3.05) is 6.54 Å². The van der Waals surface area contributed by atoms with E-state index in [9.17, 15) is 39.5 Å². The van der Waals surface area contributed by atoms with Crippen LogP contribution in [0, 0.1) is 27.9 Å². The van der Waals surface area contributed by atoms with E-state index in [-0.39, 0.29) is 36.2 Å². The van der Waals surface area contributed by atoms with Gasteiger partial charge in [-0.3, -0.25) is 24.5 Å². The van der Waals surface area contributed by atoms with Crippen LogP contribution in [0.1, 0.15) is 44.9 Å². The first-order valence-corrected chi connectivity index (χ1v) is 9.99. The van der Waals surface area contributed by atoms with Gasteiger partial charge in [0.15, 0.2) is 6.54 Å². The van der Waals surface area contributed by atoms with Crippen molar-refractivity contribution < 1.29 is 38.8 Å². The molecule has 4 rings (SSSR count). The Hall–Kier alpha value is -2.56. The highest BCUT2D eigenvalue weighted by Gasteiger charge is 2.96. The number of aliphatic carboxylic acids is 2. The third kappa shape index (κ3) is 2.66. The Morgan fingerprint density at radius 3 is 2.34 bits per heavy atom. The van der Waals surface area contributed by atoms with Gasteiger partial charge in [-0.1, -0.05) is 12.8 Å². The van der Waals surface area contributed by atoms with Crippen LogP contribution in [0.4, 0.5) is 0 Å². The first-order chi connectivity index (χ1) is 13.7. The predicted octanol–water partition coefficient (Wildman–Crippen LogP) is -0.0409. The van der Waals surface area contributed by atoms with Crippen molar-refractivity contribution in [2.45, 2.75) is 62.7 Å². The van der Waals surface area contributed by atoms with E-state index in [1.54, 1.807) is 0 Å². The molecule has 2 aliphatic carbocycles. The zero-order chi connectivity index (χ0) is 21.1. The summed E-state index contributed by atoms with van der Waals surface area (Å²) in [5.41, 5.74) is -1.20. The van der Waals surface area contributed by atoms with Gasteiger partial charge in [0.1, 0.15) is 5.92 Å². The fraction of sp³-hybridized carbons (Fsp3) is 0.778. The largest absolute Gasteiger partial charge is 0.481 e. The van der Waals surface area contributed by atoms with Gasteiger partial charge in [-0.15, -0.1) is 0 Å². The smallest absolute Gasteiger partial charge is 0.379 e. The number of carboxylic acid groups (broad SMARTS) is 2. The summed E-state index contributed by atoms with van der Waals surface area (Å²) in [7, 11) is 0. The Balaban J connectivity index is 1.48. The molecule has 2 amide bonds. The van der Waals surface area contributed by atoms with Gasteiger partial charge >= 0.3 is 17.8 Å². The van der Waals surface area contributed by atoms with E-state index in [1.165, 1.54) is 0 Å². The zero-order valence-corrected chi connectivity index (χ0v) is 15.8. The van der Waals surface area contributed by atoms with E-state index < -0.39 is 58.3 Å². The Labute approximate surface area is 165 Å². The van der Waals surface area contributed by atoms with Crippen molar-refractivity contribution in [1.29, 1.82) is 0 Å². The molecule has 11 heteroatoms. The summed E-state index contributed by atoms with van der Waals surface area (Å²) in [5, 5.41) is 32.9. The normalized spacial score (nSPS) is 43.0. The van der Waals surface area contributed by atoms with Crippen molar-refractivity contribution >= 4 is 23.8 Å². The van der Waals surface area contributed by atoms with Crippen LogP contribution < -0.4 is 5.32 Å². The Kier molecular flexibility index (Phi) is 4.41. The van der Waals surface area contributed by atoms with Crippen molar-refractivity contribution in [2.24, 2.45) is 17.8 Å². The highest BCUT2D eigenvalue weighted by atomic mass is 16.6. The highest BCUT2D eigenvalue weighted by molar-refractivity contribution is 5.99. The van der Waals surface area contributed by atoms with Crippen LogP contribution in [-0.4, -0.2) is 67.7 Å². The van der Waals surface area contributed by atoms with E-state index in [1.807, 2.05) is 0 Å². The molecule has 3 N–H and O–H groups in total. The quantitative estimate of drug-likeness (QED) is 0.246. The number of nitro groups is 1. The molecular formula is C18H24N3O8+. The lowest BCUT2D eigenvalue weighted by molar-refractivity contribution is -0.679. The molecule has 4 aliphatic rings. The molecular weight excluding hydrogens is 386 g/mol. The van der Waals surface area contributed by atoms with Gasteiger partial charge in [-0.2, -0.15) is 0 Å². The second-order valence-electron chi connectivity index (χ2n) is 8.75. The fourth-order valence-electron chi connectivity index (χ4n) is 5.89. The number of amides is 2. The average molecular weight is 410 g/mol. The molecule has 2 saturated heterocycles. The Morgan fingerprint density at radius 2 is 1.76 bits per heavy atom. The standard InChI is InChI=1S/C18H23N3O8/c22-14(10-3-1-2-4-11(10)15(23)24)19-13-8-21(13)17(27)18(21)6-5-9(20(28)29)7-12(18)16(25)26/h9-13H,1-8H2,(H2-,19,22,23,24,25,26)/p+1. The minimum atomic E-state index is -1.23.